The molecule has 2 aliphatic rings. The van der Waals surface area contributed by atoms with Crippen molar-refractivity contribution in [1.82, 2.24) is 5.32 Å². The fourth-order valence-electron chi connectivity index (χ4n) is 4.11. The molecule has 0 aliphatic carbocycles. The maximum Gasteiger partial charge on any atom is 0.0432 e. The van der Waals surface area contributed by atoms with Crippen LogP contribution < -0.4 is 10.2 Å². The number of fused-ring (bicyclic) bond motifs is 3. The van der Waals surface area contributed by atoms with Crippen molar-refractivity contribution >= 4 is 5.69 Å². The fourth-order valence-corrected chi connectivity index (χ4v) is 4.11. The van der Waals surface area contributed by atoms with Gasteiger partial charge in [-0.25, -0.2) is 0 Å². The molecule has 1 saturated heterocycles. The Hall–Kier alpha value is -1.80. The largest absolute Gasteiger partial charge is 0.363 e. The van der Waals surface area contributed by atoms with Crippen LogP contribution >= 0.6 is 0 Å². The second-order valence-electron chi connectivity index (χ2n) is 6.70. The molecule has 2 heterocycles. The molecule has 2 aromatic rings. The summed E-state index contributed by atoms with van der Waals surface area (Å²) in [6, 6.07) is 18.5. The average Bonchev–Trinajstić information content (AvgIpc) is 2.70. The van der Waals surface area contributed by atoms with Crippen molar-refractivity contribution in [3.8, 4) is 0 Å². The van der Waals surface area contributed by atoms with Crippen LogP contribution in [0, 0.1) is 6.92 Å². The van der Waals surface area contributed by atoms with Gasteiger partial charge in [0.05, 0.1) is 0 Å². The second kappa shape index (κ2) is 5.77. The van der Waals surface area contributed by atoms with Gasteiger partial charge < -0.3 is 10.2 Å². The molecular formula is C20H24N2. The normalized spacial score (nSPS) is 23.8. The van der Waals surface area contributed by atoms with Gasteiger partial charge in [-0.1, -0.05) is 48.0 Å². The third-order valence-electron chi connectivity index (χ3n) is 5.17. The Labute approximate surface area is 133 Å². The highest BCUT2D eigenvalue weighted by molar-refractivity contribution is 5.63. The van der Waals surface area contributed by atoms with Crippen LogP contribution in [0.4, 0.5) is 5.69 Å². The van der Waals surface area contributed by atoms with Crippen molar-refractivity contribution in [2.24, 2.45) is 0 Å². The van der Waals surface area contributed by atoms with Crippen LogP contribution in [0.2, 0.25) is 0 Å². The molecule has 2 nitrogen and oxygen atoms in total. The Bertz CT molecular complexity index is 650. The Morgan fingerprint density at radius 2 is 2.00 bits per heavy atom. The van der Waals surface area contributed by atoms with E-state index in [4.69, 9.17) is 0 Å². The predicted octanol–water partition coefficient (Wildman–Crippen LogP) is 3.85. The van der Waals surface area contributed by atoms with Gasteiger partial charge in [0.2, 0.25) is 0 Å². The molecule has 114 valence electrons. The van der Waals surface area contributed by atoms with E-state index < -0.39 is 0 Å². The second-order valence-corrected chi connectivity index (χ2v) is 6.70. The number of rotatable bonds is 2. The van der Waals surface area contributed by atoms with Crippen molar-refractivity contribution in [2.45, 2.75) is 38.3 Å². The number of nitrogens with one attached hydrogen (secondary N) is 1. The van der Waals surface area contributed by atoms with E-state index in [0.29, 0.717) is 12.0 Å². The SMILES string of the molecule is Cc1ccc2c(c1)[C@@H]1CNCCC[C@@H]1N2Cc1ccccc1. The van der Waals surface area contributed by atoms with E-state index in [0.717, 1.165) is 19.6 Å². The van der Waals surface area contributed by atoms with Gasteiger partial charge in [-0.15, -0.1) is 0 Å². The Morgan fingerprint density at radius 3 is 2.86 bits per heavy atom. The number of aryl methyl sites for hydroxylation is 1. The minimum absolute atomic E-state index is 0.640. The summed E-state index contributed by atoms with van der Waals surface area (Å²) in [7, 11) is 0. The van der Waals surface area contributed by atoms with Crippen molar-refractivity contribution < 1.29 is 0 Å². The number of nitrogens with zero attached hydrogens (tertiary/aromatic N) is 1. The lowest BCUT2D eigenvalue weighted by Gasteiger charge is -2.29. The van der Waals surface area contributed by atoms with Crippen LogP contribution in [0.15, 0.2) is 48.5 Å². The molecule has 0 radical (unpaired) electrons. The quantitative estimate of drug-likeness (QED) is 0.904. The molecule has 2 aliphatic heterocycles. The lowest BCUT2D eigenvalue weighted by Crippen LogP contribution is -2.34. The molecule has 4 rings (SSSR count). The molecule has 2 aromatic carbocycles. The molecule has 1 N–H and O–H groups in total. The first-order chi connectivity index (χ1) is 10.8. The van der Waals surface area contributed by atoms with Crippen molar-refractivity contribution in [2.75, 3.05) is 18.0 Å². The summed E-state index contributed by atoms with van der Waals surface area (Å²) in [4.78, 5) is 2.65. The first-order valence-electron chi connectivity index (χ1n) is 8.45. The van der Waals surface area contributed by atoms with Gasteiger partial charge >= 0.3 is 0 Å². The molecule has 2 heteroatoms. The van der Waals surface area contributed by atoms with Crippen LogP contribution in [-0.2, 0) is 6.54 Å². The monoisotopic (exact) mass is 292 g/mol. The molecule has 0 spiro atoms. The molecule has 2 atom stereocenters. The lowest BCUT2D eigenvalue weighted by molar-refractivity contribution is 0.510. The summed E-state index contributed by atoms with van der Waals surface area (Å²) in [5.41, 5.74) is 5.79. The molecule has 1 fully saturated rings. The van der Waals surface area contributed by atoms with Gasteiger partial charge in [-0.05, 0) is 43.5 Å². The molecule has 0 aromatic heterocycles. The Kier molecular flexibility index (Phi) is 3.63. The van der Waals surface area contributed by atoms with Crippen LogP contribution in [0.3, 0.4) is 0 Å². The highest BCUT2D eigenvalue weighted by atomic mass is 15.2. The summed E-state index contributed by atoms with van der Waals surface area (Å²) in [5, 5.41) is 3.64. The van der Waals surface area contributed by atoms with Crippen molar-refractivity contribution in [3.63, 3.8) is 0 Å². The van der Waals surface area contributed by atoms with Gasteiger partial charge in [0.25, 0.3) is 0 Å². The van der Waals surface area contributed by atoms with Crippen LogP contribution in [0.25, 0.3) is 0 Å². The van der Waals surface area contributed by atoms with Gasteiger partial charge in [-0.2, -0.15) is 0 Å². The fraction of sp³-hybridized carbons (Fsp3) is 0.400. The summed E-state index contributed by atoms with van der Waals surface area (Å²) in [5.74, 6) is 0.640. The highest BCUT2D eigenvalue weighted by Crippen LogP contribution is 2.44. The third-order valence-corrected chi connectivity index (χ3v) is 5.17. The zero-order valence-corrected chi connectivity index (χ0v) is 13.3. The topological polar surface area (TPSA) is 15.3 Å². The van der Waals surface area contributed by atoms with Gasteiger partial charge in [0.1, 0.15) is 0 Å². The third kappa shape index (κ3) is 2.42. The summed E-state index contributed by atoms with van der Waals surface area (Å²) in [6.07, 6.45) is 2.57. The summed E-state index contributed by atoms with van der Waals surface area (Å²) < 4.78 is 0. The molecular weight excluding hydrogens is 268 g/mol. The van der Waals surface area contributed by atoms with Crippen molar-refractivity contribution in [1.29, 1.82) is 0 Å². The van der Waals surface area contributed by atoms with E-state index >= 15 is 0 Å². The first-order valence-corrected chi connectivity index (χ1v) is 8.45. The van der Waals surface area contributed by atoms with Crippen LogP contribution in [-0.4, -0.2) is 19.1 Å². The molecule has 0 amide bonds. The van der Waals surface area contributed by atoms with E-state index in [1.54, 1.807) is 5.56 Å². The van der Waals surface area contributed by atoms with Crippen LogP contribution in [0.5, 0.6) is 0 Å². The van der Waals surface area contributed by atoms with Gasteiger partial charge in [-0.3, -0.25) is 0 Å². The molecule has 0 unspecified atom stereocenters. The minimum atomic E-state index is 0.640. The van der Waals surface area contributed by atoms with E-state index in [1.807, 2.05) is 0 Å². The van der Waals surface area contributed by atoms with E-state index in [1.165, 1.54) is 29.7 Å². The summed E-state index contributed by atoms with van der Waals surface area (Å²) >= 11 is 0. The van der Waals surface area contributed by atoms with Crippen molar-refractivity contribution in [3.05, 3.63) is 65.2 Å². The van der Waals surface area contributed by atoms with E-state index in [9.17, 15) is 0 Å². The standard InChI is InChI=1S/C20H24N2/c1-15-9-10-20-17(12-15)18-13-21-11-5-8-19(18)22(20)14-16-6-3-2-4-7-16/h2-4,6-7,9-10,12,18-19,21H,5,8,11,13-14H2,1H3/t18-,19-/m0/s1. The van der Waals surface area contributed by atoms with Crippen LogP contribution in [0.1, 0.15) is 35.4 Å². The maximum atomic E-state index is 3.64. The predicted molar refractivity (Wildman–Crippen MR) is 92.4 cm³/mol. The number of hydrogen-bond acceptors (Lipinski definition) is 2. The first kappa shape index (κ1) is 13.8. The Balaban J connectivity index is 1.72. The zero-order chi connectivity index (χ0) is 14.9. The van der Waals surface area contributed by atoms with Gasteiger partial charge in [0.15, 0.2) is 0 Å². The molecule has 22 heavy (non-hydrogen) atoms. The summed E-state index contributed by atoms with van der Waals surface area (Å²) in [6.45, 7) is 5.51. The lowest BCUT2D eigenvalue weighted by atomic mass is 9.92. The average molecular weight is 292 g/mol. The molecule has 0 saturated carbocycles. The number of anilines is 1. The molecule has 0 bridgehead atoms. The Morgan fingerprint density at radius 1 is 1.14 bits per heavy atom. The zero-order valence-electron chi connectivity index (χ0n) is 13.3. The number of benzene rings is 2. The van der Waals surface area contributed by atoms with E-state index in [2.05, 4.69) is 65.7 Å². The highest BCUT2D eigenvalue weighted by Gasteiger charge is 2.38. The van der Waals surface area contributed by atoms with Gasteiger partial charge in [0, 0.05) is 30.7 Å². The minimum Gasteiger partial charge on any atom is -0.363 e. The maximum absolute atomic E-state index is 3.64. The van der Waals surface area contributed by atoms with E-state index in [-0.39, 0.29) is 0 Å². The number of hydrogen-bond donors (Lipinski definition) is 1. The smallest absolute Gasteiger partial charge is 0.0432 e.